The van der Waals surface area contributed by atoms with Gasteiger partial charge in [-0.3, -0.25) is 14.5 Å². The molecule has 0 unspecified atom stereocenters. The third kappa shape index (κ3) is 3.86. The smallest absolute Gasteiger partial charge is 0.328 e. The molecule has 158 valence electrons. The van der Waals surface area contributed by atoms with E-state index in [1.807, 2.05) is 35.0 Å². The van der Waals surface area contributed by atoms with Gasteiger partial charge in [-0.2, -0.15) is 0 Å². The molecule has 1 aliphatic rings. The monoisotopic (exact) mass is 438 g/mol. The summed E-state index contributed by atoms with van der Waals surface area (Å²) in [7, 11) is 1.21. The fourth-order valence-corrected chi connectivity index (χ4v) is 4.46. The fourth-order valence-electron chi connectivity index (χ4n) is 3.56. The normalized spacial score (nSPS) is 16.4. The first-order valence-corrected chi connectivity index (χ1v) is 10.4. The van der Waals surface area contributed by atoms with E-state index in [0.717, 1.165) is 33.1 Å². The van der Waals surface area contributed by atoms with Crippen molar-refractivity contribution in [2.45, 2.75) is 19.5 Å². The van der Waals surface area contributed by atoms with Gasteiger partial charge in [0.15, 0.2) is 0 Å². The number of halogens is 1. The summed E-state index contributed by atoms with van der Waals surface area (Å²) in [5.41, 5.74) is 2.14. The molecular formula is C23H19FN2O4S. The van der Waals surface area contributed by atoms with Gasteiger partial charge in [0, 0.05) is 28.2 Å². The molecule has 1 atom stereocenters. The molecule has 31 heavy (non-hydrogen) atoms. The maximum Gasteiger partial charge on any atom is 0.328 e. The van der Waals surface area contributed by atoms with Crippen molar-refractivity contribution in [2.24, 2.45) is 0 Å². The molecule has 0 N–H and O–H groups in total. The van der Waals surface area contributed by atoms with Crippen molar-refractivity contribution in [2.75, 3.05) is 7.11 Å². The molecule has 1 aromatic heterocycles. The van der Waals surface area contributed by atoms with Gasteiger partial charge in [0.1, 0.15) is 11.9 Å². The van der Waals surface area contributed by atoms with Gasteiger partial charge in [-0.15, -0.1) is 0 Å². The summed E-state index contributed by atoms with van der Waals surface area (Å²) in [5, 5.41) is 0.343. The van der Waals surface area contributed by atoms with E-state index in [0.29, 0.717) is 12.1 Å². The molecule has 2 aromatic carbocycles. The van der Waals surface area contributed by atoms with E-state index in [4.69, 9.17) is 0 Å². The van der Waals surface area contributed by atoms with Crippen molar-refractivity contribution in [1.29, 1.82) is 0 Å². The molecule has 2 heterocycles. The van der Waals surface area contributed by atoms with Gasteiger partial charge in [-0.25, -0.2) is 9.18 Å². The van der Waals surface area contributed by atoms with Crippen molar-refractivity contribution in [3.05, 3.63) is 76.6 Å². The van der Waals surface area contributed by atoms with Crippen LogP contribution in [0.3, 0.4) is 0 Å². The molecule has 6 nitrogen and oxygen atoms in total. The Morgan fingerprint density at radius 3 is 2.61 bits per heavy atom. The standard InChI is InChI=1S/C23H19FN2O4S/c1-14(22(28)30-2)26-21(27)20(31-23(26)29)11-16-13-25(19-10-6-4-8-17(16)19)12-15-7-3-5-9-18(15)24/h3-11,13-14H,12H2,1-2H3/b20-11+/t14-/m0/s1. The predicted molar refractivity (Wildman–Crippen MR) is 117 cm³/mol. The Balaban J connectivity index is 1.72. The van der Waals surface area contributed by atoms with E-state index in [2.05, 4.69) is 4.74 Å². The molecule has 4 rings (SSSR count). The van der Waals surface area contributed by atoms with Gasteiger partial charge in [-0.1, -0.05) is 36.4 Å². The number of fused-ring (bicyclic) bond motifs is 1. The van der Waals surface area contributed by atoms with Crippen molar-refractivity contribution >= 4 is 45.9 Å². The minimum absolute atomic E-state index is 0.217. The van der Waals surface area contributed by atoms with Crippen LogP contribution in [0.25, 0.3) is 17.0 Å². The lowest BCUT2D eigenvalue weighted by atomic mass is 10.1. The van der Waals surface area contributed by atoms with Gasteiger partial charge in [0.2, 0.25) is 0 Å². The lowest BCUT2D eigenvalue weighted by Crippen LogP contribution is -2.42. The first-order valence-electron chi connectivity index (χ1n) is 9.57. The first kappa shape index (κ1) is 20.9. The average molecular weight is 438 g/mol. The number of aromatic nitrogens is 1. The topological polar surface area (TPSA) is 68.6 Å². The summed E-state index contributed by atoms with van der Waals surface area (Å²) in [6.45, 7) is 1.77. The second-order valence-corrected chi connectivity index (χ2v) is 8.06. The van der Waals surface area contributed by atoms with E-state index in [9.17, 15) is 18.8 Å². The summed E-state index contributed by atoms with van der Waals surface area (Å²) in [6, 6.07) is 13.1. The van der Waals surface area contributed by atoms with Crippen LogP contribution in [-0.2, 0) is 20.9 Å². The Labute approximate surface area is 182 Å². The molecule has 0 radical (unpaired) electrons. The minimum atomic E-state index is -1.01. The Kier molecular flexibility index (Phi) is 5.65. The first-order chi connectivity index (χ1) is 14.9. The van der Waals surface area contributed by atoms with E-state index < -0.39 is 23.2 Å². The van der Waals surface area contributed by atoms with E-state index in [1.165, 1.54) is 20.1 Å². The van der Waals surface area contributed by atoms with Gasteiger partial charge >= 0.3 is 5.97 Å². The van der Waals surface area contributed by atoms with Crippen molar-refractivity contribution in [3.63, 3.8) is 0 Å². The summed E-state index contributed by atoms with van der Waals surface area (Å²) in [4.78, 5) is 38.1. The van der Waals surface area contributed by atoms with Gasteiger partial charge in [0.05, 0.1) is 18.6 Å². The maximum absolute atomic E-state index is 14.2. The number of esters is 1. The number of rotatable bonds is 5. The van der Waals surface area contributed by atoms with Crippen molar-refractivity contribution < 1.29 is 23.5 Å². The number of ether oxygens (including phenoxy) is 1. The fraction of sp³-hybridized carbons (Fsp3) is 0.174. The number of carbonyl (C=O) groups excluding carboxylic acids is 3. The van der Waals surface area contributed by atoms with Gasteiger partial charge < -0.3 is 9.30 Å². The average Bonchev–Trinajstić information content (AvgIpc) is 3.25. The highest BCUT2D eigenvalue weighted by atomic mass is 32.2. The molecule has 0 saturated carbocycles. The quantitative estimate of drug-likeness (QED) is 0.436. The highest BCUT2D eigenvalue weighted by Crippen LogP contribution is 2.35. The zero-order chi connectivity index (χ0) is 22.1. The lowest BCUT2D eigenvalue weighted by Gasteiger charge is -2.18. The second kappa shape index (κ2) is 8.39. The molecule has 0 spiro atoms. The predicted octanol–water partition coefficient (Wildman–Crippen LogP) is 4.43. The van der Waals surface area contributed by atoms with Crippen LogP contribution >= 0.6 is 11.8 Å². The van der Waals surface area contributed by atoms with E-state index >= 15 is 0 Å². The number of amides is 2. The highest BCUT2D eigenvalue weighted by molar-refractivity contribution is 8.18. The number of hydrogen-bond acceptors (Lipinski definition) is 5. The Bertz CT molecular complexity index is 1230. The molecule has 1 fully saturated rings. The van der Waals surface area contributed by atoms with Crippen molar-refractivity contribution in [1.82, 2.24) is 9.47 Å². The number of carbonyl (C=O) groups is 3. The van der Waals surface area contributed by atoms with Crippen LogP contribution in [0.5, 0.6) is 0 Å². The SMILES string of the molecule is COC(=O)[C@H](C)N1C(=O)S/C(=C/c2cn(Cc3ccccc3F)c3ccccc23)C1=O. The number of para-hydroxylation sites is 1. The Morgan fingerprint density at radius 1 is 1.16 bits per heavy atom. The van der Waals surface area contributed by atoms with Crippen LogP contribution < -0.4 is 0 Å². The van der Waals surface area contributed by atoms with Crippen LogP contribution in [0.2, 0.25) is 0 Å². The van der Waals surface area contributed by atoms with Crippen LogP contribution in [0, 0.1) is 5.82 Å². The summed E-state index contributed by atoms with van der Waals surface area (Å²) < 4.78 is 20.7. The van der Waals surface area contributed by atoms with Crippen LogP contribution in [0.1, 0.15) is 18.1 Å². The second-order valence-electron chi connectivity index (χ2n) is 7.07. The van der Waals surface area contributed by atoms with Crippen LogP contribution in [-0.4, -0.2) is 39.7 Å². The molecular weight excluding hydrogens is 419 g/mol. The molecule has 8 heteroatoms. The summed E-state index contributed by atoms with van der Waals surface area (Å²) in [6.07, 6.45) is 3.46. The number of benzene rings is 2. The molecule has 3 aromatic rings. The third-order valence-corrected chi connectivity index (χ3v) is 6.04. The molecule has 1 saturated heterocycles. The number of methoxy groups -OCH3 is 1. The largest absolute Gasteiger partial charge is 0.467 e. The molecule has 0 aliphatic carbocycles. The number of imide groups is 1. The number of hydrogen-bond donors (Lipinski definition) is 0. The molecule has 2 amide bonds. The molecule has 1 aliphatic heterocycles. The lowest BCUT2D eigenvalue weighted by molar-refractivity contribution is -0.148. The van der Waals surface area contributed by atoms with E-state index in [-0.39, 0.29) is 10.7 Å². The number of thioether (sulfide) groups is 1. The van der Waals surface area contributed by atoms with Crippen molar-refractivity contribution in [3.8, 4) is 0 Å². The van der Waals surface area contributed by atoms with Crippen LogP contribution in [0.15, 0.2) is 59.6 Å². The zero-order valence-corrected chi connectivity index (χ0v) is 17.7. The zero-order valence-electron chi connectivity index (χ0n) is 16.9. The summed E-state index contributed by atoms with van der Waals surface area (Å²) >= 11 is 0.779. The van der Waals surface area contributed by atoms with Gasteiger partial charge in [0.25, 0.3) is 11.1 Å². The van der Waals surface area contributed by atoms with E-state index in [1.54, 1.807) is 24.3 Å². The van der Waals surface area contributed by atoms with Crippen LogP contribution in [0.4, 0.5) is 9.18 Å². The summed E-state index contributed by atoms with van der Waals surface area (Å²) in [5.74, 6) is -1.50. The highest BCUT2D eigenvalue weighted by Gasteiger charge is 2.41. The maximum atomic E-state index is 14.2. The minimum Gasteiger partial charge on any atom is -0.467 e. The number of nitrogens with zero attached hydrogens (tertiary/aromatic N) is 2. The third-order valence-electron chi connectivity index (χ3n) is 5.16. The Hall–Kier alpha value is -3.39. The Morgan fingerprint density at radius 2 is 1.87 bits per heavy atom. The van der Waals surface area contributed by atoms with Gasteiger partial charge in [-0.05, 0) is 36.9 Å². The molecule has 0 bridgehead atoms.